The Morgan fingerprint density at radius 3 is 3.07 bits per heavy atom. The summed E-state index contributed by atoms with van der Waals surface area (Å²) in [4.78, 5) is 16.7. The monoisotopic (exact) mass is 208 g/mol. The van der Waals surface area contributed by atoms with Gasteiger partial charge in [0.05, 0.1) is 6.20 Å². The minimum Gasteiger partial charge on any atom is -0.356 e. The molecule has 15 heavy (non-hydrogen) atoms. The SMILES string of the molecule is O=CC1CCCN(c2ccc(F)cn2)C1. The van der Waals surface area contributed by atoms with E-state index in [-0.39, 0.29) is 11.7 Å². The quantitative estimate of drug-likeness (QED) is 0.693. The van der Waals surface area contributed by atoms with Gasteiger partial charge in [0, 0.05) is 19.0 Å². The molecule has 1 unspecified atom stereocenters. The average Bonchev–Trinajstić information content (AvgIpc) is 2.30. The molecule has 1 aromatic heterocycles. The zero-order valence-electron chi connectivity index (χ0n) is 8.40. The minimum absolute atomic E-state index is 0.0885. The lowest BCUT2D eigenvalue weighted by atomic mass is 10.00. The van der Waals surface area contributed by atoms with Crippen LogP contribution in [-0.2, 0) is 4.79 Å². The molecule has 1 atom stereocenters. The van der Waals surface area contributed by atoms with Crippen LogP contribution in [0.3, 0.4) is 0 Å². The van der Waals surface area contributed by atoms with E-state index in [1.54, 1.807) is 6.07 Å². The Morgan fingerprint density at radius 2 is 2.40 bits per heavy atom. The number of hydrogen-bond donors (Lipinski definition) is 0. The highest BCUT2D eigenvalue weighted by Gasteiger charge is 2.19. The van der Waals surface area contributed by atoms with E-state index in [0.717, 1.165) is 31.5 Å². The topological polar surface area (TPSA) is 33.2 Å². The first-order valence-electron chi connectivity index (χ1n) is 5.11. The van der Waals surface area contributed by atoms with Crippen molar-refractivity contribution in [1.82, 2.24) is 4.98 Å². The van der Waals surface area contributed by atoms with E-state index in [4.69, 9.17) is 0 Å². The van der Waals surface area contributed by atoms with Gasteiger partial charge >= 0.3 is 0 Å². The Balaban J connectivity index is 2.09. The molecule has 0 aromatic carbocycles. The second kappa shape index (κ2) is 4.38. The maximum atomic E-state index is 12.7. The molecule has 1 saturated heterocycles. The summed E-state index contributed by atoms with van der Waals surface area (Å²) in [5.41, 5.74) is 0. The fraction of sp³-hybridized carbons (Fsp3) is 0.455. The first-order valence-corrected chi connectivity index (χ1v) is 5.11. The minimum atomic E-state index is -0.331. The van der Waals surface area contributed by atoms with Crippen LogP contribution in [0, 0.1) is 11.7 Å². The van der Waals surface area contributed by atoms with Crippen molar-refractivity contribution in [2.24, 2.45) is 5.92 Å². The third-order valence-corrected chi connectivity index (χ3v) is 2.69. The zero-order valence-corrected chi connectivity index (χ0v) is 8.40. The van der Waals surface area contributed by atoms with Crippen LogP contribution in [-0.4, -0.2) is 24.4 Å². The Labute approximate surface area is 87.9 Å². The van der Waals surface area contributed by atoms with Crippen molar-refractivity contribution in [3.8, 4) is 0 Å². The lowest BCUT2D eigenvalue weighted by Crippen LogP contribution is -2.36. The van der Waals surface area contributed by atoms with E-state index in [1.165, 1.54) is 12.3 Å². The average molecular weight is 208 g/mol. The summed E-state index contributed by atoms with van der Waals surface area (Å²) < 4.78 is 12.7. The van der Waals surface area contributed by atoms with E-state index in [1.807, 2.05) is 4.90 Å². The Hall–Kier alpha value is -1.45. The first-order chi connectivity index (χ1) is 7.29. The molecular weight excluding hydrogens is 195 g/mol. The van der Waals surface area contributed by atoms with Gasteiger partial charge in [-0.25, -0.2) is 9.37 Å². The zero-order chi connectivity index (χ0) is 10.7. The van der Waals surface area contributed by atoms with E-state index < -0.39 is 0 Å². The van der Waals surface area contributed by atoms with Crippen molar-refractivity contribution in [3.63, 3.8) is 0 Å². The van der Waals surface area contributed by atoms with Gasteiger partial charge in [-0.05, 0) is 25.0 Å². The number of anilines is 1. The van der Waals surface area contributed by atoms with Crippen LogP contribution in [0.15, 0.2) is 18.3 Å². The van der Waals surface area contributed by atoms with Crippen molar-refractivity contribution in [2.45, 2.75) is 12.8 Å². The van der Waals surface area contributed by atoms with Crippen molar-refractivity contribution in [3.05, 3.63) is 24.1 Å². The summed E-state index contributed by atoms with van der Waals surface area (Å²) in [7, 11) is 0. The van der Waals surface area contributed by atoms with Crippen LogP contribution in [0.4, 0.5) is 10.2 Å². The highest BCUT2D eigenvalue weighted by Crippen LogP contribution is 2.20. The van der Waals surface area contributed by atoms with Gasteiger partial charge in [-0.3, -0.25) is 0 Å². The molecule has 1 aliphatic heterocycles. The van der Waals surface area contributed by atoms with Crippen LogP contribution in [0.1, 0.15) is 12.8 Å². The molecule has 0 N–H and O–H groups in total. The second-order valence-electron chi connectivity index (χ2n) is 3.82. The first kappa shape index (κ1) is 10.1. The summed E-state index contributed by atoms with van der Waals surface area (Å²) in [6.07, 6.45) is 4.14. The van der Waals surface area contributed by atoms with E-state index in [2.05, 4.69) is 4.98 Å². The van der Waals surface area contributed by atoms with Crippen molar-refractivity contribution in [1.29, 1.82) is 0 Å². The number of pyridine rings is 1. The summed E-state index contributed by atoms with van der Waals surface area (Å²) in [6.45, 7) is 1.59. The summed E-state index contributed by atoms with van der Waals surface area (Å²) in [5.74, 6) is 0.510. The molecule has 0 spiro atoms. The van der Waals surface area contributed by atoms with Crippen molar-refractivity contribution >= 4 is 12.1 Å². The number of hydrogen-bond acceptors (Lipinski definition) is 3. The molecule has 0 amide bonds. The number of aromatic nitrogens is 1. The van der Waals surface area contributed by atoms with Gasteiger partial charge in [0.1, 0.15) is 17.9 Å². The van der Waals surface area contributed by atoms with Crippen LogP contribution < -0.4 is 4.90 Å². The molecule has 1 fully saturated rings. The van der Waals surface area contributed by atoms with Gasteiger partial charge in [0.15, 0.2) is 0 Å². The van der Waals surface area contributed by atoms with Crippen molar-refractivity contribution < 1.29 is 9.18 Å². The Bertz CT molecular complexity index is 339. The van der Waals surface area contributed by atoms with Gasteiger partial charge < -0.3 is 9.69 Å². The van der Waals surface area contributed by atoms with Crippen LogP contribution >= 0.6 is 0 Å². The van der Waals surface area contributed by atoms with E-state index >= 15 is 0 Å². The summed E-state index contributed by atoms with van der Waals surface area (Å²) in [5, 5.41) is 0. The molecule has 0 bridgehead atoms. The number of nitrogens with zero attached hydrogens (tertiary/aromatic N) is 2. The second-order valence-corrected chi connectivity index (χ2v) is 3.82. The molecule has 80 valence electrons. The van der Waals surface area contributed by atoms with Crippen LogP contribution in [0.25, 0.3) is 0 Å². The summed E-state index contributed by atoms with van der Waals surface area (Å²) in [6, 6.07) is 3.05. The fourth-order valence-corrected chi connectivity index (χ4v) is 1.88. The maximum absolute atomic E-state index is 12.7. The Morgan fingerprint density at radius 1 is 1.53 bits per heavy atom. The molecule has 0 saturated carbocycles. The van der Waals surface area contributed by atoms with Gasteiger partial charge in [-0.1, -0.05) is 0 Å². The number of piperidine rings is 1. The number of carbonyl (C=O) groups excluding carboxylic acids is 1. The smallest absolute Gasteiger partial charge is 0.141 e. The molecule has 2 rings (SSSR count). The highest BCUT2D eigenvalue weighted by atomic mass is 19.1. The molecule has 0 aliphatic carbocycles. The molecule has 1 aromatic rings. The van der Waals surface area contributed by atoms with Crippen LogP contribution in [0.5, 0.6) is 0 Å². The standard InChI is InChI=1S/C11H13FN2O/c12-10-3-4-11(13-6-10)14-5-1-2-9(7-14)8-15/h3-4,6,8-9H,1-2,5,7H2. The molecule has 4 heteroatoms. The number of aldehydes is 1. The lowest BCUT2D eigenvalue weighted by molar-refractivity contribution is -0.111. The van der Waals surface area contributed by atoms with E-state index in [0.29, 0.717) is 6.54 Å². The van der Waals surface area contributed by atoms with Gasteiger partial charge in [-0.2, -0.15) is 0 Å². The van der Waals surface area contributed by atoms with Gasteiger partial charge in [-0.15, -0.1) is 0 Å². The van der Waals surface area contributed by atoms with Gasteiger partial charge in [0.25, 0.3) is 0 Å². The number of halogens is 1. The predicted octanol–water partition coefficient (Wildman–Crippen LogP) is 1.64. The molecular formula is C11H13FN2O. The normalized spacial score (nSPS) is 21.4. The van der Waals surface area contributed by atoms with E-state index in [9.17, 15) is 9.18 Å². The maximum Gasteiger partial charge on any atom is 0.141 e. The molecule has 2 heterocycles. The molecule has 1 aliphatic rings. The molecule has 3 nitrogen and oxygen atoms in total. The molecule has 0 radical (unpaired) electrons. The third kappa shape index (κ3) is 2.32. The lowest BCUT2D eigenvalue weighted by Gasteiger charge is -2.30. The number of rotatable bonds is 2. The summed E-state index contributed by atoms with van der Waals surface area (Å²) >= 11 is 0. The highest BCUT2D eigenvalue weighted by molar-refractivity contribution is 5.56. The largest absolute Gasteiger partial charge is 0.356 e. The number of carbonyl (C=O) groups is 1. The Kier molecular flexibility index (Phi) is 2.94. The fourth-order valence-electron chi connectivity index (χ4n) is 1.88. The third-order valence-electron chi connectivity index (χ3n) is 2.69. The van der Waals surface area contributed by atoms with Gasteiger partial charge in [0.2, 0.25) is 0 Å². The predicted molar refractivity (Wildman–Crippen MR) is 55.2 cm³/mol. The van der Waals surface area contributed by atoms with Crippen LogP contribution in [0.2, 0.25) is 0 Å². The van der Waals surface area contributed by atoms with Crippen molar-refractivity contribution in [2.75, 3.05) is 18.0 Å².